The number of rotatable bonds is 3. The molecule has 8 heavy (non-hydrogen) atoms. The maximum Gasteiger partial charge on any atom is 0.228 e. The minimum atomic E-state index is -0.810. The maximum absolute atomic E-state index is 10.1. The third-order valence-corrected chi connectivity index (χ3v) is 0.763. The van der Waals surface area contributed by atoms with Crippen molar-refractivity contribution in [2.75, 3.05) is 6.61 Å². The highest BCUT2D eigenvalue weighted by atomic mass is 16.3. The Balaban J connectivity index is 3.69. The number of nitrogens with two attached hydrogens (primary N) is 1. The second-order valence-corrected chi connectivity index (χ2v) is 1.36. The molecule has 4 N–H and O–H groups in total. The van der Waals surface area contributed by atoms with Crippen molar-refractivity contribution in [1.29, 1.82) is 5.41 Å². The quantitative estimate of drug-likeness (QED) is 0.401. The first-order chi connectivity index (χ1) is 3.72. The molecule has 0 aromatic rings. The van der Waals surface area contributed by atoms with E-state index in [9.17, 15) is 4.79 Å². The van der Waals surface area contributed by atoms with Crippen LogP contribution in [0.3, 0.4) is 0 Å². The molecule has 0 aliphatic heterocycles. The van der Waals surface area contributed by atoms with Gasteiger partial charge in [0.15, 0.2) is 0 Å². The van der Waals surface area contributed by atoms with Gasteiger partial charge in [0, 0.05) is 6.21 Å². The zero-order chi connectivity index (χ0) is 6.57. The lowest BCUT2D eigenvalue weighted by Gasteiger charge is -1.98. The molecule has 0 spiro atoms. The number of amides is 1. The van der Waals surface area contributed by atoms with Gasteiger partial charge in [0.2, 0.25) is 5.91 Å². The van der Waals surface area contributed by atoms with Gasteiger partial charge in [0.05, 0.1) is 12.5 Å². The average Bonchev–Trinajstić information content (AvgIpc) is 1.69. The minimum absolute atomic E-state index is 0.376. The van der Waals surface area contributed by atoms with Crippen LogP contribution < -0.4 is 5.73 Å². The van der Waals surface area contributed by atoms with E-state index < -0.39 is 11.8 Å². The highest BCUT2D eigenvalue weighted by molar-refractivity contribution is 5.91. The van der Waals surface area contributed by atoms with Gasteiger partial charge in [-0.15, -0.1) is 0 Å². The zero-order valence-electron chi connectivity index (χ0n) is 4.29. The first kappa shape index (κ1) is 7.10. The summed E-state index contributed by atoms with van der Waals surface area (Å²) >= 11 is 0. The molecule has 0 saturated heterocycles. The molecule has 1 unspecified atom stereocenters. The fourth-order valence-electron chi connectivity index (χ4n) is 0.225. The van der Waals surface area contributed by atoms with Crippen molar-refractivity contribution < 1.29 is 9.90 Å². The third-order valence-electron chi connectivity index (χ3n) is 0.763. The van der Waals surface area contributed by atoms with Crippen LogP contribution in [0.1, 0.15) is 0 Å². The number of hydrogen-bond donors (Lipinski definition) is 3. The van der Waals surface area contributed by atoms with E-state index in [0.717, 1.165) is 6.21 Å². The molecular formula is C4H8N2O2. The van der Waals surface area contributed by atoms with Crippen LogP contribution in [-0.4, -0.2) is 23.8 Å². The summed E-state index contributed by atoms with van der Waals surface area (Å²) in [4.78, 5) is 10.1. The van der Waals surface area contributed by atoms with Crippen molar-refractivity contribution in [2.24, 2.45) is 11.7 Å². The van der Waals surface area contributed by atoms with E-state index in [0.29, 0.717) is 0 Å². The van der Waals surface area contributed by atoms with Crippen molar-refractivity contribution in [2.45, 2.75) is 0 Å². The molecule has 0 fully saturated rings. The molecule has 4 heteroatoms. The lowest BCUT2D eigenvalue weighted by atomic mass is 10.2. The number of nitrogens with one attached hydrogen (secondary N) is 1. The van der Waals surface area contributed by atoms with Crippen molar-refractivity contribution >= 4 is 12.1 Å². The van der Waals surface area contributed by atoms with Crippen LogP contribution in [0.25, 0.3) is 0 Å². The summed E-state index contributed by atoms with van der Waals surface area (Å²) in [6.45, 7) is -0.376. The summed E-state index contributed by atoms with van der Waals surface area (Å²) in [5.74, 6) is -1.47. The summed E-state index contributed by atoms with van der Waals surface area (Å²) in [6, 6.07) is 0. The van der Waals surface area contributed by atoms with Crippen LogP contribution in [0.4, 0.5) is 0 Å². The second kappa shape index (κ2) is 3.15. The summed E-state index contributed by atoms with van der Waals surface area (Å²) in [5, 5.41) is 14.7. The van der Waals surface area contributed by atoms with Gasteiger partial charge in [-0.1, -0.05) is 0 Å². The predicted octanol–water partition coefficient (Wildman–Crippen LogP) is -1.27. The topological polar surface area (TPSA) is 87.2 Å². The monoisotopic (exact) mass is 116 g/mol. The van der Waals surface area contributed by atoms with E-state index in [1.165, 1.54) is 0 Å². The van der Waals surface area contributed by atoms with Crippen LogP contribution in [-0.2, 0) is 4.79 Å². The molecule has 0 bridgehead atoms. The summed E-state index contributed by atoms with van der Waals surface area (Å²) in [6.07, 6.45) is 0.822. The maximum atomic E-state index is 10.1. The fraction of sp³-hybridized carbons (Fsp3) is 0.500. The lowest BCUT2D eigenvalue weighted by Crippen LogP contribution is -2.26. The number of aliphatic hydroxyl groups is 1. The molecule has 1 amide bonds. The molecule has 0 rings (SSSR count). The zero-order valence-corrected chi connectivity index (χ0v) is 4.29. The molecule has 0 aliphatic carbocycles. The predicted molar refractivity (Wildman–Crippen MR) is 28.6 cm³/mol. The Kier molecular flexibility index (Phi) is 2.79. The van der Waals surface area contributed by atoms with E-state index in [1.54, 1.807) is 0 Å². The fourth-order valence-corrected chi connectivity index (χ4v) is 0.225. The Hall–Kier alpha value is -0.900. The van der Waals surface area contributed by atoms with Crippen LogP contribution in [0, 0.1) is 11.3 Å². The Morgan fingerprint density at radius 1 is 2.00 bits per heavy atom. The van der Waals surface area contributed by atoms with Crippen molar-refractivity contribution in [3.8, 4) is 0 Å². The van der Waals surface area contributed by atoms with Gasteiger partial charge in [0.25, 0.3) is 0 Å². The number of hydrogen-bond acceptors (Lipinski definition) is 3. The SMILES string of the molecule is N=CC(CO)C(N)=O. The van der Waals surface area contributed by atoms with E-state index in [1.807, 2.05) is 0 Å². The van der Waals surface area contributed by atoms with Crippen molar-refractivity contribution in [1.82, 2.24) is 0 Å². The normalized spacial score (nSPS) is 12.6. The molecule has 0 heterocycles. The van der Waals surface area contributed by atoms with Crippen molar-refractivity contribution in [3.63, 3.8) is 0 Å². The summed E-state index contributed by atoms with van der Waals surface area (Å²) in [5.41, 5.74) is 4.71. The van der Waals surface area contributed by atoms with Gasteiger partial charge in [-0.2, -0.15) is 0 Å². The second-order valence-electron chi connectivity index (χ2n) is 1.36. The smallest absolute Gasteiger partial charge is 0.228 e. The molecular weight excluding hydrogens is 108 g/mol. The number of primary amides is 1. The van der Waals surface area contributed by atoms with Gasteiger partial charge < -0.3 is 16.2 Å². The standard InChI is InChI=1S/C4H8N2O2/c5-1-3(2-7)4(6)8/h1,3,5,7H,2H2,(H2,6,8). The Morgan fingerprint density at radius 2 is 2.50 bits per heavy atom. The molecule has 4 nitrogen and oxygen atoms in total. The summed E-state index contributed by atoms with van der Waals surface area (Å²) in [7, 11) is 0. The largest absolute Gasteiger partial charge is 0.395 e. The first-order valence-electron chi connectivity index (χ1n) is 2.13. The van der Waals surface area contributed by atoms with Crippen LogP contribution in [0.2, 0.25) is 0 Å². The molecule has 0 radical (unpaired) electrons. The number of carbonyl (C=O) groups excluding carboxylic acids is 1. The molecule has 0 aromatic carbocycles. The van der Waals surface area contributed by atoms with E-state index in [2.05, 4.69) is 0 Å². The van der Waals surface area contributed by atoms with E-state index >= 15 is 0 Å². The molecule has 46 valence electrons. The molecule has 0 saturated carbocycles. The Bertz CT molecular complexity index is 102. The number of carbonyl (C=O) groups is 1. The van der Waals surface area contributed by atoms with Gasteiger partial charge in [-0.05, 0) is 0 Å². The highest BCUT2D eigenvalue weighted by Gasteiger charge is 2.08. The first-order valence-corrected chi connectivity index (χ1v) is 2.13. The third kappa shape index (κ3) is 1.70. The van der Waals surface area contributed by atoms with Gasteiger partial charge in [-0.25, -0.2) is 0 Å². The van der Waals surface area contributed by atoms with Gasteiger partial charge in [0.1, 0.15) is 0 Å². The lowest BCUT2D eigenvalue weighted by molar-refractivity contribution is -0.120. The van der Waals surface area contributed by atoms with Crippen molar-refractivity contribution in [3.05, 3.63) is 0 Å². The van der Waals surface area contributed by atoms with Crippen LogP contribution in [0.5, 0.6) is 0 Å². The average molecular weight is 116 g/mol. The van der Waals surface area contributed by atoms with Gasteiger partial charge >= 0.3 is 0 Å². The minimum Gasteiger partial charge on any atom is -0.395 e. The number of aliphatic hydroxyl groups excluding tert-OH is 1. The molecule has 1 atom stereocenters. The van der Waals surface area contributed by atoms with E-state index in [-0.39, 0.29) is 6.61 Å². The van der Waals surface area contributed by atoms with Crippen LogP contribution in [0.15, 0.2) is 0 Å². The Morgan fingerprint density at radius 3 is 2.50 bits per heavy atom. The highest BCUT2D eigenvalue weighted by Crippen LogP contribution is 1.84. The summed E-state index contributed by atoms with van der Waals surface area (Å²) < 4.78 is 0. The van der Waals surface area contributed by atoms with Crippen LogP contribution >= 0.6 is 0 Å². The molecule has 0 aliphatic rings. The van der Waals surface area contributed by atoms with E-state index in [4.69, 9.17) is 16.2 Å². The Labute approximate surface area is 46.8 Å². The van der Waals surface area contributed by atoms with Gasteiger partial charge in [-0.3, -0.25) is 4.79 Å². The molecule has 0 aromatic heterocycles.